The molecule has 1 nitrogen and oxygen atoms in total. The topological polar surface area (TPSA) is 9.23 Å². The molecular formula is C11H22B2O. The fourth-order valence-corrected chi connectivity index (χ4v) is 1.76. The van der Waals surface area contributed by atoms with Crippen LogP contribution in [0.4, 0.5) is 0 Å². The molecule has 0 aromatic heterocycles. The highest BCUT2D eigenvalue weighted by Crippen LogP contribution is 2.40. The van der Waals surface area contributed by atoms with Crippen molar-refractivity contribution in [3.63, 3.8) is 0 Å². The summed E-state index contributed by atoms with van der Waals surface area (Å²) in [5.74, 6) is 0.376. The molecular weight excluding hydrogens is 170 g/mol. The fraction of sp³-hybridized carbons (Fsp3) is 1.00. The average molecular weight is 192 g/mol. The average Bonchev–Trinajstić information content (AvgIpc) is 2.04. The minimum absolute atomic E-state index is 0.0527. The van der Waals surface area contributed by atoms with Crippen molar-refractivity contribution in [3.05, 3.63) is 0 Å². The molecule has 0 aromatic carbocycles. The van der Waals surface area contributed by atoms with Gasteiger partial charge in [0.15, 0.2) is 0 Å². The van der Waals surface area contributed by atoms with Gasteiger partial charge in [0.25, 0.3) is 0 Å². The van der Waals surface area contributed by atoms with E-state index in [2.05, 4.69) is 13.8 Å². The molecule has 1 heterocycles. The van der Waals surface area contributed by atoms with Gasteiger partial charge >= 0.3 is 0 Å². The second-order valence-electron chi connectivity index (χ2n) is 4.66. The summed E-state index contributed by atoms with van der Waals surface area (Å²) in [6.45, 7) is 10.8. The van der Waals surface area contributed by atoms with Crippen molar-refractivity contribution >= 4 is 15.7 Å². The molecule has 1 aliphatic rings. The van der Waals surface area contributed by atoms with Gasteiger partial charge < -0.3 is 4.74 Å². The molecule has 0 saturated carbocycles. The van der Waals surface area contributed by atoms with Crippen molar-refractivity contribution in [1.29, 1.82) is 0 Å². The lowest BCUT2D eigenvalue weighted by molar-refractivity contribution is -0.0747. The summed E-state index contributed by atoms with van der Waals surface area (Å²) in [5.41, 5.74) is -0.0527. The van der Waals surface area contributed by atoms with E-state index in [0.29, 0.717) is 5.92 Å². The van der Waals surface area contributed by atoms with E-state index in [1.165, 1.54) is 0 Å². The van der Waals surface area contributed by atoms with Crippen LogP contribution >= 0.6 is 0 Å². The Kier molecular flexibility index (Phi) is 5.28. The number of hydrogen-bond acceptors (Lipinski definition) is 1. The quantitative estimate of drug-likeness (QED) is 0.580. The second-order valence-corrected chi connectivity index (χ2v) is 4.66. The maximum absolute atomic E-state index is 5.85. The minimum Gasteiger partial charge on any atom is -0.376 e. The maximum Gasteiger partial charge on any atom is 0.0628 e. The number of rotatable bonds is 1. The fourth-order valence-electron chi connectivity index (χ4n) is 1.76. The second kappa shape index (κ2) is 5.25. The molecule has 4 radical (unpaired) electrons. The summed E-state index contributed by atoms with van der Waals surface area (Å²) in [6, 6.07) is 0. The Labute approximate surface area is 91.8 Å². The van der Waals surface area contributed by atoms with Crippen molar-refractivity contribution in [2.45, 2.75) is 58.3 Å². The smallest absolute Gasteiger partial charge is 0.0628 e. The summed E-state index contributed by atoms with van der Waals surface area (Å²) in [7, 11) is 11.7. The molecule has 1 unspecified atom stereocenters. The van der Waals surface area contributed by atoms with Crippen molar-refractivity contribution in [3.8, 4) is 0 Å². The number of hydrogen-bond donors (Lipinski definition) is 0. The molecule has 0 bridgehead atoms. The summed E-state index contributed by atoms with van der Waals surface area (Å²) < 4.78 is 5.58. The molecule has 0 amide bonds. The van der Waals surface area contributed by atoms with Crippen LogP contribution in [0.3, 0.4) is 0 Å². The predicted molar refractivity (Wildman–Crippen MR) is 64.0 cm³/mol. The highest BCUT2D eigenvalue weighted by Gasteiger charge is 2.34. The Balaban J connectivity index is 0.000000791. The molecule has 0 N–H and O–H groups in total. The SMILES string of the molecule is CC.[B]C([B])(C)C1CCOC(C)(C)C1. The monoisotopic (exact) mass is 192 g/mol. The molecule has 1 saturated heterocycles. The van der Waals surface area contributed by atoms with Crippen LogP contribution in [0, 0.1) is 5.92 Å². The largest absolute Gasteiger partial charge is 0.376 e. The zero-order valence-corrected chi connectivity index (χ0v) is 10.3. The normalized spacial score (nSPS) is 26.2. The third kappa shape index (κ3) is 4.54. The van der Waals surface area contributed by atoms with E-state index in [1.807, 2.05) is 20.8 Å². The van der Waals surface area contributed by atoms with E-state index in [0.717, 1.165) is 19.4 Å². The van der Waals surface area contributed by atoms with Crippen molar-refractivity contribution in [1.82, 2.24) is 0 Å². The molecule has 0 aromatic rings. The minimum atomic E-state index is -0.555. The predicted octanol–water partition coefficient (Wildman–Crippen LogP) is 2.69. The zero-order valence-electron chi connectivity index (χ0n) is 10.3. The van der Waals surface area contributed by atoms with Crippen LogP contribution in [0.5, 0.6) is 0 Å². The Morgan fingerprint density at radius 1 is 1.29 bits per heavy atom. The van der Waals surface area contributed by atoms with Gasteiger partial charge in [0.1, 0.15) is 0 Å². The lowest BCUT2D eigenvalue weighted by Crippen LogP contribution is -2.38. The molecule has 78 valence electrons. The first-order valence-corrected chi connectivity index (χ1v) is 5.53. The third-order valence-corrected chi connectivity index (χ3v) is 2.58. The summed E-state index contributed by atoms with van der Waals surface area (Å²) in [6.07, 6.45) is 1.93. The summed E-state index contributed by atoms with van der Waals surface area (Å²) in [5, 5.41) is -0.555. The van der Waals surface area contributed by atoms with E-state index < -0.39 is 5.21 Å². The van der Waals surface area contributed by atoms with Crippen LogP contribution < -0.4 is 0 Å². The molecule has 3 heteroatoms. The van der Waals surface area contributed by atoms with E-state index in [9.17, 15) is 0 Å². The Bertz CT molecular complexity index is 158. The highest BCUT2D eigenvalue weighted by molar-refractivity contribution is 6.39. The number of ether oxygens (including phenoxy) is 1. The van der Waals surface area contributed by atoms with Crippen LogP contribution in [0.15, 0.2) is 0 Å². The molecule has 14 heavy (non-hydrogen) atoms. The van der Waals surface area contributed by atoms with Crippen LogP contribution in [-0.2, 0) is 4.74 Å². The lowest BCUT2D eigenvalue weighted by atomic mass is 9.47. The molecule has 1 rings (SSSR count). The van der Waals surface area contributed by atoms with Gasteiger partial charge in [-0.3, -0.25) is 0 Å². The third-order valence-electron chi connectivity index (χ3n) is 2.58. The van der Waals surface area contributed by atoms with Crippen LogP contribution in [0.25, 0.3) is 0 Å². The van der Waals surface area contributed by atoms with Gasteiger partial charge in [-0.05, 0) is 32.6 Å². The zero-order chi connectivity index (χ0) is 11.4. The van der Waals surface area contributed by atoms with E-state index in [-0.39, 0.29) is 5.60 Å². The molecule has 1 atom stereocenters. The Morgan fingerprint density at radius 2 is 1.79 bits per heavy atom. The van der Waals surface area contributed by atoms with E-state index in [1.54, 1.807) is 0 Å². The van der Waals surface area contributed by atoms with Gasteiger partial charge in [0.05, 0.1) is 21.3 Å². The first-order chi connectivity index (χ1) is 6.31. The van der Waals surface area contributed by atoms with Crippen molar-refractivity contribution < 1.29 is 4.74 Å². The Morgan fingerprint density at radius 3 is 2.07 bits per heavy atom. The van der Waals surface area contributed by atoms with Gasteiger partial charge in [-0.15, -0.1) is 0 Å². The summed E-state index contributed by atoms with van der Waals surface area (Å²) >= 11 is 0. The van der Waals surface area contributed by atoms with E-state index in [4.69, 9.17) is 20.4 Å². The standard InChI is InChI=1S/C9H16B2O.C2H6/c1-8(2)6-7(4-5-12-8)9(3,10)11;1-2/h7H,4-6H2,1-3H3;1-2H3. The van der Waals surface area contributed by atoms with Gasteiger partial charge in [0, 0.05) is 6.61 Å². The van der Waals surface area contributed by atoms with Gasteiger partial charge in [-0.1, -0.05) is 26.0 Å². The van der Waals surface area contributed by atoms with Gasteiger partial charge in [0.2, 0.25) is 0 Å². The highest BCUT2D eigenvalue weighted by atomic mass is 16.5. The van der Waals surface area contributed by atoms with Crippen LogP contribution in [-0.4, -0.2) is 27.9 Å². The van der Waals surface area contributed by atoms with E-state index >= 15 is 0 Å². The maximum atomic E-state index is 5.85. The first-order valence-electron chi connectivity index (χ1n) is 5.53. The first kappa shape index (κ1) is 14.1. The van der Waals surface area contributed by atoms with Gasteiger partial charge in [-0.25, -0.2) is 0 Å². The molecule has 1 aliphatic heterocycles. The van der Waals surface area contributed by atoms with Gasteiger partial charge in [-0.2, -0.15) is 0 Å². The van der Waals surface area contributed by atoms with Crippen molar-refractivity contribution in [2.24, 2.45) is 5.92 Å². The lowest BCUT2D eigenvalue weighted by Gasteiger charge is -2.42. The van der Waals surface area contributed by atoms with Crippen LogP contribution in [0.2, 0.25) is 5.21 Å². The molecule has 0 aliphatic carbocycles. The Hall–Kier alpha value is 0.0899. The molecule has 1 fully saturated rings. The summed E-state index contributed by atoms with van der Waals surface area (Å²) in [4.78, 5) is 0. The van der Waals surface area contributed by atoms with Crippen LogP contribution in [0.1, 0.15) is 47.5 Å². The molecule has 0 spiro atoms. The van der Waals surface area contributed by atoms with Crippen molar-refractivity contribution in [2.75, 3.05) is 6.61 Å².